The molecule has 0 atom stereocenters. The first-order chi connectivity index (χ1) is 17.9. The molecule has 0 spiro atoms. The summed E-state index contributed by atoms with van der Waals surface area (Å²) in [5.74, 6) is -1.37. The Balaban J connectivity index is 0.000000304. The van der Waals surface area contributed by atoms with E-state index in [1.165, 1.54) is 24.5 Å². The molecule has 0 aliphatic rings. The number of fused-ring (bicyclic) bond motifs is 1. The lowest BCUT2D eigenvalue weighted by atomic mass is 10.1. The van der Waals surface area contributed by atoms with Gasteiger partial charge in [-0.3, -0.25) is 14.2 Å². The van der Waals surface area contributed by atoms with Crippen molar-refractivity contribution in [1.29, 1.82) is 0 Å². The topological polar surface area (TPSA) is 143 Å². The number of hydrogen-bond donors (Lipinski definition) is 4. The van der Waals surface area contributed by atoms with E-state index in [0.717, 1.165) is 10.0 Å². The monoisotopic (exact) mass is 628 g/mol. The van der Waals surface area contributed by atoms with Gasteiger partial charge in [0.2, 0.25) is 0 Å². The Hall–Kier alpha value is -3.07. The van der Waals surface area contributed by atoms with Crippen molar-refractivity contribution in [2.24, 2.45) is 7.05 Å². The van der Waals surface area contributed by atoms with Crippen molar-refractivity contribution in [1.82, 2.24) is 15.0 Å². The van der Waals surface area contributed by atoms with Crippen LogP contribution in [0.15, 0.2) is 64.2 Å². The van der Waals surface area contributed by atoms with Gasteiger partial charge in [0.25, 0.3) is 16.0 Å². The fourth-order valence-electron chi connectivity index (χ4n) is 3.18. The molecule has 0 radical (unpaired) electrons. The zero-order chi connectivity index (χ0) is 28.0. The number of aryl methyl sites for hydroxylation is 2. The number of imidazole rings is 1. The smallest absolute Gasteiger partial charge is 0.294 e. The second kappa shape index (κ2) is 12.7. The van der Waals surface area contributed by atoms with Crippen LogP contribution in [0, 0.1) is 12.7 Å². The number of carbonyl (C=O) groups is 1. The van der Waals surface area contributed by atoms with Crippen molar-refractivity contribution >= 4 is 66.0 Å². The second-order valence-electron chi connectivity index (χ2n) is 7.88. The number of benzene rings is 3. The highest BCUT2D eigenvalue weighted by atomic mass is 79.9. The number of nitrogens with one attached hydrogen (secondary N) is 2. The Morgan fingerprint density at radius 2 is 1.89 bits per heavy atom. The van der Waals surface area contributed by atoms with E-state index < -0.39 is 21.8 Å². The number of aliphatic hydroxyl groups is 1. The molecule has 14 heteroatoms. The van der Waals surface area contributed by atoms with Gasteiger partial charge in [-0.25, -0.2) is 14.9 Å². The average molecular weight is 630 g/mol. The highest BCUT2D eigenvalue weighted by Crippen LogP contribution is 2.34. The lowest BCUT2D eigenvalue weighted by Gasteiger charge is -2.15. The Kier molecular flexibility index (Phi) is 9.82. The standard InChI is InChI=1S/C17H15BrClFN4O3.C7H8O3S/c1-24-8-21-16-13(24)7-10(17(26)23-27-5-4-25)15(14(16)20)22-12-3-2-9(18)6-11(12)19;1-6-2-4-7(5-3-6)11(8,9)10/h2-3,6-8,22,25H,4-5H2,1H3,(H,23,26);2-5H,1H3,(H,8,9,10). The van der Waals surface area contributed by atoms with Crippen LogP contribution in [0.5, 0.6) is 0 Å². The molecular formula is C24H23BrClFN4O6S. The molecule has 1 amide bonds. The van der Waals surface area contributed by atoms with Crippen LogP contribution in [-0.2, 0) is 22.0 Å². The third kappa shape index (κ3) is 7.28. The maximum Gasteiger partial charge on any atom is 0.294 e. The van der Waals surface area contributed by atoms with E-state index in [1.54, 1.807) is 41.9 Å². The molecule has 202 valence electrons. The normalized spacial score (nSPS) is 11.1. The summed E-state index contributed by atoms with van der Waals surface area (Å²) in [5.41, 5.74) is 4.01. The fourth-order valence-corrected chi connectivity index (χ4v) is 4.38. The molecule has 38 heavy (non-hydrogen) atoms. The summed E-state index contributed by atoms with van der Waals surface area (Å²) < 4.78 is 47.0. The number of hydroxylamine groups is 1. The maximum atomic E-state index is 15.1. The SMILES string of the molecule is Cc1ccc(S(=O)(=O)O)cc1.Cn1cnc2c(F)c(Nc3ccc(Br)cc3Cl)c(C(=O)NOCCO)cc21. The molecule has 1 aromatic heterocycles. The zero-order valence-electron chi connectivity index (χ0n) is 20.1. The van der Waals surface area contributed by atoms with Gasteiger partial charge in [0.1, 0.15) is 5.52 Å². The van der Waals surface area contributed by atoms with Crippen molar-refractivity contribution in [3.63, 3.8) is 0 Å². The third-order valence-electron chi connectivity index (χ3n) is 5.07. The quantitative estimate of drug-likeness (QED) is 0.130. The number of hydrogen-bond acceptors (Lipinski definition) is 7. The summed E-state index contributed by atoms with van der Waals surface area (Å²) in [4.78, 5) is 21.3. The van der Waals surface area contributed by atoms with Crippen LogP contribution < -0.4 is 10.8 Å². The van der Waals surface area contributed by atoms with Gasteiger partial charge >= 0.3 is 0 Å². The van der Waals surface area contributed by atoms with Crippen LogP contribution in [0.2, 0.25) is 5.02 Å². The molecule has 0 bridgehead atoms. The lowest BCUT2D eigenvalue weighted by Crippen LogP contribution is -2.26. The van der Waals surface area contributed by atoms with Crippen LogP contribution in [0.25, 0.3) is 11.0 Å². The largest absolute Gasteiger partial charge is 0.394 e. The lowest BCUT2D eigenvalue weighted by molar-refractivity contribution is 0.0169. The van der Waals surface area contributed by atoms with Gasteiger partial charge in [-0.1, -0.05) is 45.2 Å². The van der Waals surface area contributed by atoms with E-state index in [-0.39, 0.29) is 34.9 Å². The zero-order valence-corrected chi connectivity index (χ0v) is 23.2. The molecule has 4 N–H and O–H groups in total. The second-order valence-corrected chi connectivity index (χ2v) is 10.6. The van der Waals surface area contributed by atoms with E-state index >= 15 is 4.39 Å². The average Bonchev–Trinajstić information content (AvgIpc) is 3.23. The van der Waals surface area contributed by atoms with E-state index in [9.17, 15) is 13.2 Å². The number of rotatable bonds is 7. The Morgan fingerprint density at radius 1 is 1.21 bits per heavy atom. The molecule has 1 heterocycles. The molecule has 0 saturated carbocycles. The Bertz CT molecular complexity index is 1560. The van der Waals surface area contributed by atoms with Crippen LogP contribution >= 0.6 is 27.5 Å². The van der Waals surface area contributed by atoms with Crippen molar-refractivity contribution < 1.29 is 32.1 Å². The molecule has 0 unspecified atom stereocenters. The summed E-state index contributed by atoms with van der Waals surface area (Å²) in [5, 5.41) is 12.0. The molecule has 4 rings (SSSR count). The van der Waals surface area contributed by atoms with Crippen LogP contribution in [0.3, 0.4) is 0 Å². The van der Waals surface area contributed by atoms with Crippen molar-refractivity contribution in [3.8, 4) is 0 Å². The van der Waals surface area contributed by atoms with Gasteiger partial charge in [0, 0.05) is 11.5 Å². The van der Waals surface area contributed by atoms with Crippen LogP contribution in [-0.4, -0.2) is 46.7 Å². The van der Waals surface area contributed by atoms with Crippen LogP contribution in [0.1, 0.15) is 15.9 Å². The van der Waals surface area contributed by atoms with E-state index in [0.29, 0.717) is 16.2 Å². The molecule has 0 aliphatic heterocycles. The van der Waals surface area contributed by atoms with E-state index in [1.807, 2.05) is 6.92 Å². The number of carbonyl (C=O) groups excluding carboxylic acids is 1. The summed E-state index contributed by atoms with van der Waals surface area (Å²) in [7, 11) is -2.33. The first-order valence-electron chi connectivity index (χ1n) is 10.8. The van der Waals surface area contributed by atoms with Gasteiger partial charge < -0.3 is 15.0 Å². The number of amides is 1. The summed E-state index contributed by atoms with van der Waals surface area (Å²) in [6.07, 6.45) is 1.45. The highest BCUT2D eigenvalue weighted by Gasteiger charge is 2.22. The molecule has 4 aromatic rings. The van der Waals surface area contributed by atoms with Crippen LogP contribution in [0.4, 0.5) is 15.8 Å². The van der Waals surface area contributed by atoms with Gasteiger partial charge in [-0.15, -0.1) is 0 Å². The number of nitrogens with zero attached hydrogens (tertiary/aromatic N) is 2. The van der Waals surface area contributed by atoms with Gasteiger partial charge in [-0.05, 0) is 43.3 Å². The predicted octanol–water partition coefficient (Wildman–Crippen LogP) is 4.77. The van der Waals surface area contributed by atoms with E-state index in [4.69, 9.17) is 26.1 Å². The molecule has 3 aromatic carbocycles. The minimum Gasteiger partial charge on any atom is -0.394 e. The number of aliphatic hydroxyl groups excluding tert-OH is 1. The Labute approximate surface area is 231 Å². The van der Waals surface area contributed by atoms with Gasteiger partial charge in [-0.2, -0.15) is 8.42 Å². The molecule has 0 saturated heterocycles. The molecule has 0 aliphatic carbocycles. The summed E-state index contributed by atoms with van der Waals surface area (Å²) >= 11 is 9.51. The minimum atomic E-state index is -4.02. The summed E-state index contributed by atoms with van der Waals surface area (Å²) in [6, 6.07) is 12.5. The maximum absolute atomic E-state index is 15.1. The van der Waals surface area contributed by atoms with Crippen molar-refractivity contribution in [2.75, 3.05) is 18.5 Å². The molecule has 10 nitrogen and oxygen atoms in total. The minimum absolute atomic E-state index is 0.000486. The van der Waals surface area contributed by atoms with Crippen molar-refractivity contribution in [2.45, 2.75) is 11.8 Å². The number of halogens is 3. The third-order valence-corrected chi connectivity index (χ3v) is 6.75. The molecular weight excluding hydrogens is 607 g/mol. The highest BCUT2D eigenvalue weighted by molar-refractivity contribution is 9.10. The Morgan fingerprint density at radius 3 is 2.50 bits per heavy atom. The number of anilines is 2. The van der Waals surface area contributed by atoms with Crippen molar-refractivity contribution in [3.05, 3.63) is 81.3 Å². The number of aromatic nitrogens is 2. The first kappa shape index (κ1) is 29.5. The molecule has 0 fully saturated rings. The summed E-state index contributed by atoms with van der Waals surface area (Å²) in [6.45, 7) is 1.48. The van der Waals surface area contributed by atoms with Gasteiger partial charge in [0.05, 0.1) is 51.9 Å². The predicted molar refractivity (Wildman–Crippen MR) is 145 cm³/mol. The van der Waals surface area contributed by atoms with Gasteiger partial charge in [0.15, 0.2) is 5.82 Å². The van der Waals surface area contributed by atoms with E-state index in [2.05, 4.69) is 31.7 Å². The first-order valence-corrected chi connectivity index (χ1v) is 13.5. The fraction of sp³-hybridized carbons (Fsp3) is 0.167.